The molecule has 1 spiro atoms. The summed E-state index contributed by atoms with van der Waals surface area (Å²) >= 11 is 3.41. The number of nitrogens with zero attached hydrogens (tertiary/aromatic N) is 2. The fourth-order valence-corrected chi connectivity index (χ4v) is 3.76. The molecule has 2 saturated heterocycles. The minimum atomic E-state index is -2.78. The minimum Gasteiger partial charge on any atom is -0.483 e. The van der Waals surface area contributed by atoms with Crippen molar-refractivity contribution in [1.82, 2.24) is 4.90 Å². The lowest BCUT2D eigenvalue weighted by Gasteiger charge is -2.48. The molecule has 0 N–H and O–H groups in total. The molecule has 0 saturated carbocycles. The van der Waals surface area contributed by atoms with E-state index in [0.717, 1.165) is 4.47 Å². The molecule has 2 fully saturated rings. The van der Waals surface area contributed by atoms with Crippen molar-refractivity contribution in [3.8, 4) is 5.75 Å². The number of urea groups is 1. The van der Waals surface area contributed by atoms with Gasteiger partial charge in [-0.15, -0.1) is 0 Å². The van der Waals surface area contributed by atoms with Gasteiger partial charge in [-0.05, 0) is 18.2 Å². The first-order chi connectivity index (χ1) is 11.4. The Hall–Kier alpha value is -1.41. The van der Waals surface area contributed by atoms with Crippen molar-refractivity contribution in [3.05, 3.63) is 22.7 Å². The van der Waals surface area contributed by atoms with Crippen LogP contribution < -0.4 is 9.64 Å². The SMILES string of the molecule is O=C(N1CC(F)(F)C1)N1CC2(CCOCC2)Oc2cc(Br)ccc21. The number of carbonyl (C=O) groups is 1. The highest BCUT2D eigenvalue weighted by Gasteiger charge is 2.50. The van der Waals surface area contributed by atoms with Gasteiger partial charge in [0.2, 0.25) is 0 Å². The summed E-state index contributed by atoms with van der Waals surface area (Å²) in [5, 5.41) is 0. The van der Waals surface area contributed by atoms with Crippen LogP contribution in [0, 0.1) is 0 Å². The van der Waals surface area contributed by atoms with Gasteiger partial charge in [-0.1, -0.05) is 15.9 Å². The number of alkyl halides is 2. The predicted octanol–water partition coefficient (Wildman–Crippen LogP) is 3.27. The normalized spacial score (nSPS) is 24.1. The van der Waals surface area contributed by atoms with Crippen LogP contribution >= 0.6 is 15.9 Å². The molecule has 2 amide bonds. The van der Waals surface area contributed by atoms with Crippen LogP contribution in [-0.2, 0) is 4.74 Å². The number of likely N-dealkylation sites (tertiary alicyclic amines) is 1. The molecule has 0 radical (unpaired) electrons. The number of carbonyl (C=O) groups excluding carboxylic acids is 1. The topological polar surface area (TPSA) is 42.0 Å². The Morgan fingerprint density at radius 3 is 2.54 bits per heavy atom. The van der Waals surface area contributed by atoms with Crippen molar-refractivity contribution in [2.24, 2.45) is 0 Å². The van der Waals surface area contributed by atoms with Gasteiger partial charge in [0, 0.05) is 17.3 Å². The predicted molar refractivity (Wildman–Crippen MR) is 86.8 cm³/mol. The molecule has 3 aliphatic rings. The van der Waals surface area contributed by atoms with Crippen molar-refractivity contribution < 1.29 is 23.0 Å². The molecule has 0 aliphatic carbocycles. The highest BCUT2D eigenvalue weighted by molar-refractivity contribution is 9.10. The summed E-state index contributed by atoms with van der Waals surface area (Å²) in [7, 11) is 0. The molecule has 0 atom stereocenters. The highest BCUT2D eigenvalue weighted by Crippen LogP contribution is 2.43. The molecule has 0 bridgehead atoms. The van der Waals surface area contributed by atoms with Crippen molar-refractivity contribution in [2.45, 2.75) is 24.4 Å². The Balaban J connectivity index is 1.66. The summed E-state index contributed by atoms with van der Waals surface area (Å²) in [6, 6.07) is 5.02. The lowest BCUT2D eigenvalue weighted by atomic mass is 9.91. The van der Waals surface area contributed by atoms with Crippen molar-refractivity contribution >= 4 is 27.6 Å². The third-order valence-corrected chi connectivity index (χ3v) is 5.23. The number of hydrogen-bond donors (Lipinski definition) is 0. The summed E-state index contributed by atoms with van der Waals surface area (Å²) in [5.74, 6) is -2.18. The van der Waals surface area contributed by atoms with E-state index in [1.165, 1.54) is 4.90 Å². The van der Waals surface area contributed by atoms with Crippen molar-refractivity contribution in [3.63, 3.8) is 0 Å². The number of rotatable bonds is 0. The zero-order valence-electron chi connectivity index (χ0n) is 12.9. The van der Waals surface area contributed by atoms with Gasteiger partial charge in [-0.2, -0.15) is 0 Å². The zero-order valence-corrected chi connectivity index (χ0v) is 14.5. The molecule has 0 aromatic heterocycles. The van der Waals surface area contributed by atoms with Gasteiger partial charge < -0.3 is 14.4 Å². The second-order valence-corrected chi connectivity index (χ2v) is 7.51. The van der Waals surface area contributed by atoms with E-state index in [2.05, 4.69) is 15.9 Å². The molecule has 1 aromatic rings. The number of ether oxygens (including phenoxy) is 2. The Morgan fingerprint density at radius 1 is 1.17 bits per heavy atom. The third kappa shape index (κ3) is 2.75. The lowest BCUT2D eigenvalue weighted by Crippen LogP contribution is -2.64. The molecule has 5 nitrogen and oxygen atoms in total. The number of amides is 2. The largest absolute Gasteiger partial charge is 0.483 e. The van der Waals surface area contributed by atoms with Crippen LogP contribution in [0.15, 0.2) is 22.7 Å². The summed E-state index contributed by atoms with van der Waals surface area (Å²) < 4.78 is 38.8. The van der Waals surface area contributed by atoms with Gasteiger partial charge in [0.1, 0.15) is 11.4 Å². The van der Waals surface area contributed by atoms with Gasteiger partial charge in [0.05, 0.1) is 38.5 Å². The number of anilines is 1. The van der Waals surface area contributed by atoms with E-state index >= 15 is 0 Å². The van der Waals surface area contributed by atoms with Gasteiger partial charge in [0.25, 0.3) is 5.92 Å². The first kappa shape index (κ1) is 16.1. The molecule has 3 heterocycles. The Labute approximate surface area is 146 Å². The third-order valence-electron chi connectivity index (χ3n) is 4.74. The maximum absolute atomic E-state index is 13.2. The first-order valence-electron chi connectivity index (χ1n) is 7.88. The fourth-order valence-electron chi connectivity index (χ4n) is 3.42. The smallest absolute Gasteiger partial charge is 0.325 e. The summed E-state index contributed by atoms with van der Waals surface area (Å²) in [4.78, 5) is 15.5. The average molecular weight is 403 g/mol. The van der Waals surface area contributed by atoms with E-state index in [4.69, 9.17) is 9.47 Å². The average Bonchev–Trinajstić information content (AvgIpc) is 2.51. The van der Waals surface area contributed by atoms with Crippen LogP contribution in [0.4, 0.5) is 19.3 Å². The molecule has 24 heavy (non-hydrogen) atoms. The standard InChI is InChI=1S/C16H17BrF2N2O3/c17-11-1-2-12-13(7-11)24-15(3-5-23-6-4-15)8-21(12)14(22)20-9-16(18,19)10-20/h1-2,7H,3-6,8-10H2. The van der Waals surface area contributed by atoms with Crippen LogP contribution in [0.3, 0.4) is 0 Å². The van der Waals surface area contributed by atoms with Crippen LogP contribution in [0.25, 0.3) is 0 Å². The van der Waals surface area contributed by atoms with Crippen molar-refractivity contribution in [1.29, 1.82) is 0 Å². The summed E-state index contributed by atoms with van der Waals surface area (Å²) in [5.41, 5.74) is 0.102. The van der Waals surface area contributed by atoms with Crippen LogP contribution in [0.2, 0.25) is 0 Å². The zero-order chi connectivity index (χ0) is 16.9. The molecule has 1 aromatic carbocycles. The molecule has 8 heteroatoms. The molecule has 0 unspecified atom stereocenters. The highest BCUT2D eigenvalue weighted by atomic mass is 79.9. The number of hydrogen-bond acceptors (Lipinski definition) is 3. The Kier molecular flexibility index (Phi) is 3.72. The molecule has 130 valence electrons. The summed E-state index contributed by atoms with van der Waals surface area (Å²) in [6.07, 6.45) is 1.33. The second-order valence-electron chi connectivity index (χ2n) is 6.59. The van der Waals surface area contributed by atoms with E-state index in [9.17, 15) is 13.6 Å². The van der Waals surface area contributed by atoms with E-state index in [1.54, 1.807) is 11.0 Å². The van der Waals surface area contributed by atoms with Gasteiger partial charge in [-0.3, -0.25) is 4.90 Å². The molecular weight excluding hydrogens is 386 g/mol. The monoisotopic (exact) mass is 402 g/mol. The second kappa shape index (κ2) is 5.56. The van der Waals surface area contributed by atoms with E-state index in [1.807, 2.05) is 12.1 Å². The number of halogens is 3. The Morgan fingerprint density at radius 2 is 1.88 bits per heavy atom. The van der Waals surface area contributed by atoms with Crippen LogP contribution in [0.5, 0.6) is 5.75 Å². The fraction of sp³-hybridized carbons (Fsp3) is 0.562. The van der Waals surface area contributed by atoms with Gasteiger partial charge in [0.15, 0.2) is 0 Å². The van der Waals surface area contributed by atoms with E-state index < -0.39 is 30.6 Å². The lowest BCUT2D eigenvalue weighted by molar-refractivity contribution is -0.109. The maximum atomic E-state index is 13.2. The van der Waals surface area contributed by atoms with E-state index in [-0.39, 0.29) is 0 Å². The molecular formula is C16H17BrF2N2O3. The minimum absolute atomic E-state index is 0.353. The Bertz CT molecular complexity index is 671. The number of benzene rings is 1. The maximum Gasteiger partial charge on any atom is 0.325 e. The molecule has 3 aliphatic heterocycles. The first-order valence-corrected chi connectivity index (χ1v) is 8.67. The van der Waals surface area contributed by atoms with Gasteiger partial charge >= 0.3 is 6.03 Å². The van der Waals surface area contributed by atoms with E-state index in [0.29, 0.717) is 44.0 Å². The quantitative estimate of drug-likeness (QED) is 0.668. The van der Waals surface area contributed by atoms with Crippen LogP contribution in [0.1, 0.15) is 12.8 Å². The molecule has 4 rings (SSSR count). The number of fused-ring (bicyclic) bond motifs is 1. The van der Waals surface area contributed by atoms with Crippen molar-refractivity contribution in [2.75, 3.05) is 37.7 Å². The van der Waals surface area contributed by atoms with Crippen LogP contribution in [-0.4, -0.2) is 55.3 Å². The summed E-state index contributed by atoms with van der Waals surface area (Å²) in [6.45, 7) is 0.433. The van der Waals surface area contributed by atoms with Gasteiger partial charge in [-0.25, -0.2) is 13.6 Å².